The monoisotopic (exact) mass is 238 g/mol. The van der Waals surface area contributed by atoms with E-state index in [-0.39, 0.29) is 17.4 Å². The van der Waals surface area contributed by atoms with E-state index in [0.29, 0.717) is 19.6 Å². The van der Waals surface area contributed by atoms with E-state index in [1.165, 1.54) is 13.1 Å². The third-order valence-corrected chi connectivity index (χ3v) is 1.79. The number of amides is 2. The number of nitriles is 1. The summed E-state index contributed by atoms with van der Waals surface area (Å²) in [4.78, 5) is 21.9. The molecule has 0 heterocycles. The average Bonchev–Trinajstić information content (AvgIpc) is 2.30. The zero-order valence-electron chi connectivity index (χ0n) is 10.2. The highest BCUT2D eigenvalue weighted by Gasteiger charge is 2.06. The van der Waals surface area contributed by atoms with Crippen molar-refractivity contribution in [2.75, 3.05) is 19.6 Å². The first-order chi connectivity index (χ1) is 8.11. The second-order valence-corrected chi connectivity index (χ2v) is 3.36. The van der Waals surface area contributed by atoms with E-state index in [9.17, 15) is 9.59 Å². The molecule has 0 radical (unpaired) electrons. The number of rotatable bonds is 7. The van der Waals surface area contributed by atoms with E-state index in [0.717, 1.165) is 6.42 Å². The molecule has 0 unspecified atom stereocenters. The minimum atomic E-state index is -0.388. The van der Waals surface area contributed by atoms with Gasteiger partial charge in [-0.15, -0.1) is 0 Å². The number of nitrogens with one attached hydrogen (secondary N) is 3. The Labute approximate surface area is 101 Å². The van der Waals surface area contributed by atoms with Crippen LogP contribution >= 0.6 is 0 Å². The van der Waals surface area contributed by atoms with Crippen LogP contribution in [0, 0.1) is 11.3 Å². The van der Waals surface area contributed by atoms with Crippen LogP contribution < -0.4 is 16.0 Å². The summed E-state index contributed by atoms with van der Waals surface area (Å²) in [5, 5.41) is 16.7. The van der Waals surface area contributed by atoms with Gasteiger partial charge in [0.05, 0.1) is 0 Å². The Hall–Kier alpha value is -2.03. The third-order valence-electron chi connectivity index (χ3n) is 1.79. The normalized spacial score (nSPS) is 10.3. The molecule has 0 aromatic heterocycles. The summed E-state index contributed by atoms with van der Waals surface area (Å²) >= 11 is 0. The van der Waals surface area contributed by atoms with Crippen molar-refractivity contribution in [3.63, 3.8) is 0 Å². The summed E-state index contributed by atoms with van der Waals surface area (Å²) in [6, 6.07) is 1.81. The zero-order chi connectivity index (χ0) is 13.1. The molecule has 0 aliphatic rings. The Bertz CT molecular complexity index is 331. The second kappa shape index (κ2) is 9.21. The van der Waals surface area contributed by atoms with Crippen molar-refractivity contribution in [3.05, 3.63) is 11.8 Å². The van der Waals surface area contributed by atoms with Crippen LogP contribution in [-0.4, -0.2) is 31.4 Å². The predicted octanol–water partition coefficient (Wildman–Crippen LogP) is -0.354. The van der Waals surface area contributed by atoms with E-state index in [4.69, 9.17) is 5.26 Å². The van der Waals surface area contributed by atoms with Crippen LogP contribution in [0.1, 0.15) is 20.3 Å². The molecule has 3 N–H and O–H groups in total. The van der Waals surface area contributed by atoms with Gasteiger partial charge in [-0.2, -0.15) is 5.26 Å². The van der Waals surface area contributed by atoms with Crippen molar-refractivity contribution in [1.29, 1.82) is 5.26 Å². The van der Waals surface area contributed by atoms with Gasteiger partial charge in [-0.05, 0) is 6.42 Å². The Morgan fingerprint density at radius 2 is 1.94 bits per heavy atom. The smallest absolute Gasteiger partial charge is 0.263 e. The minimum Gasteiger partial charge on any atom is -0.388 e. The lowest BCUT2D eigenvalue weighted by Crippen LogP contribution is -2.29. The van der Waals surface area contributed by atoms with E-state index in [1.54, 1.807) is 0 Å². The first-order valence-electron chi connectivity index (χ1n) is 5.48. The molecule has 94 valence electrons. The molecule has 0 aromatic carbocycles. The molecule has 0 bridgehead atoms. The van der Waals surface area contributed by atoms with Gasteiger partial charge in [-0.3, -0.25) is 9.59 Å². The molecular weight excluding hydrogens is 220 g/mol. The van der Waals surface area contributed by atoms with E-state index in [2.05, 4.69) is 16.0 Å². The van der Waals surface area contributed by atoms with Crippen LogP contribution in [0.5, 0.6) is 0 Å². The van der Waals surface area contributed by atoms with Crippen LogP contribution in [0.25, 0.3) is 0 Å². The highest BCUT2D eigenvalue weighted by atomic mass is 16.2. The lowest BCUT2D eigenvalue weighted by Gasteiger charge is -2.04. The fourth-order valence-corrected chi connectivity index (χ4v) is 0.967. The summed E-state index contributed by atoms with van der Waals surface area (Å²) < 4.78 is 0. The molecule has 0 aliphatic heterocycles. The number of carbonyl (C=O) groups is 2. The predicted molar refractivity (Wildman–Crippen MR) is 63.7 cm³/mol. The maximum absolute atomic E-state index is 11.4. The van der Waals surface area contributed by atoms with Gasteiger partial charge in [0.1, 0.15) is 11.6 Å². The standard InChI is InChI=1S/C11H18N4O2/c1-3-4-15-11(17)10(7-12)8-13-5-6-14-9(2)16/h8,13H,3-6H2,1-2H3,(H,14,16)(H,15,17)/b10-8-. The van der Waals surface area contributed by atoms with Gasteiger partial charge in [0.15, 0.2) is 0 Å². The Morgan fingerprint density at radius 1 is 1.24 bits per heavy atom. The lowest BCUT2D eigenvalue weighted by atomic mass is 10.3. The number of nitrogens with zero attached hydrogens (tertiary/aromatic N) is 1. The van der Waals surface area contributed by atoms with Gasteiger partial charge in [0, 0.05) is 32.8 Å². The quantitative estimate of drug-likeness (QED) is 0.321. The van der Waals surface area contributed by atoms with Gasteiger partial charge in [-0.1, -0.05) is 6.92 Å². The fraction of sp³-hybridized carbons (Fsp3) is 0.545. The Morgan fingerprint density at radius 3 is 2.47 bits per heavy atom. The van der Waals surface area contributed by atoms with Crippen molar-refractivity contribution in [3.8, 4) is 6.07 Å². The SMILES string of the molecule is CCCNC(=O)/C(C#N)=C\NCCNC(C)=O. The maximum atomic E-state index is 11.4. The third kappa shape index (κ3) is 7.85. The van der Waals surface area contributed by atoms with Crippen LogP contribution in [0.3, 0.4) is 0 Å². The molecule has 17 heavy (non-hydrogen) atoms. The minimum absolute atomic E-state index is 0.0290. The topological polar surface area (TPSA) is 94.0 Å². The molecule has 0 aromatic rings. The number of carbonyl (C=O) groups excluding carboxylic acids is 2. The van der Waals surface area contributed by atoms with Crippen molar-refractivity contribution in [1.82, 2.24) is 16.0 Å². The summed E-state index contributed by atoms with van der Waals surface area (Å²) in [5.41, 5.74) is 0.0290. The van der Waals surface area contributed by atoms with E-state index < -0.39 is 0 Å². The first kappa shape index (κ1) is 15.0. The summed E-state index contributed by atoms with van der Waals surface area (Å²) in [6.45, 7) is 4.81. The van der Waals surface area contributed by atoms with Crippen LogP contribution in [-0.2, 0) is 9.59 Å². The molecule has 6 heteroatoms. The van der Waals surface area contributed by atoms with Gasteiger partial charge in [0.2, 0.25) is 5.91 Å². The van der Waals surface area contributed by atoms with Crippen LogP contribution in [0.15, 0.2) is 11.8 Å². The summed E-state index contributed by atoms with van der Waals surface area (Å²) in [6.07, 6.45) is 2.17. The summed E-state index contributed by atoms with van der Waals surface area (Å²) in [7, 11) is 0. The average molecular weight is 238 g/mol. The van der Waals surface area contributed by atoms with Gasteiger partial charge < -0.3 is 16.0 Å². The molecule has 0 saturated carbocycles. The second-order valence-electron chi connectivity index (χ2n) is 3.36. The molecule has 0 saturated heterocycles. The van der Waals surface area contributed by atoms with Crippen LogP contribution in [0.2, 0.25) is 0 Å². The Balaban J connectivity index is 3.97. The summed E-state index contributed by atoms with van der Waals surface area (Å²) in [5.74, 6) is -0.502. The first-order valence-corrected chi connectivity index (χ1v) is 5.48. The van der Waals surface area contributed by atoms with Gasteiger partial charge >= 0.3 is 0 Å². The van der Waals surface area contributed by atoms with E-state index >= 15 is 0 Å². The molecule has 0 spiro atoms. The highest BCUT2D eigenvalue weighted by Crippen LogP contribution is 1.90. The van der Waals surface area contributed by atoms with Crippen molar-refractivity contribution in [2.45, 2.75) is 20.3 Å². The largest absolute Gasteiger partial charge is 0.388 e. The molecule has 0 fully saturated rings. The van der Waals surface area contributed by atoms with Gasteiger partial charge in [-0.25, -0.2) is 0 Å². The molecule has 0 atom stereocenters. The zero-order valence-corrected chi connectivity index (χ0v) is 10.2. The molecule has 0 rings (SSSR count). The van der Waals surface area contributed by atoms with Crippen molar-refractivity contribution in [2.24, 2.45) is 0 Å². The molecule has 2 amide bonds. The van der Waals surface area contributed by atoms with Crippen molar-refractivity contribution >= 4 is 11.8 Å². The van der Waals surface area contributed by atoms with Crippen LogP contribution in [0.4, 0.5) is 0 Å². The van der Waals surface area contributed by atoms with Crippen molar-refractivity contribution < 1.29 is 9.59 Å². The maximum Gasteiger partial charge on any atom is 0.263 e. The number of hydrogen-bond donors (Lipinski definition) is 3. The van der Waals surface area contributed by atoms with E-state index in [1.807, 2.05) is 13.0 Å². The van der Waals surface area contributed by atoms with Gasteiger partial charge in [0.25, 0.3) is 5.91 Å². The highest BCUT2D eigenvalue weighted by molar-refractivity contribution is 5.97. The molecule has 0 aliphatic carbocycles. The molecule has 6 nitrogen and oxygen atoms in total. The lowest BCUT2D eigenvalue weighted by molar-refractivity contribution is -0.119. The number of hydrogen-bond acceptors (Lipinski definition) is 4. The fourth-order valence-electron chi connectivity index (χ4n) is 0.967. The Kier molecular flexibility index (Phi) is 8.11. The molecular formula is C11H18N4O2.